The number of alkyl halides is 6. The van der Waals surface area contributed by atoms with E-state index in [1.165, 1.54) is 0 Å². The first kappa shape index (κ1) is 31.8. The maximum absolute atomic E-state index is 13.4. The van der Waals surface area contributed by atoms with Crippen LogP contribution in [0.5, 0.6) is 0 Å². The quantitative estimate of drug-likeness (QED) is 0.259. The van der Waals surface area contributed by atoms with Crippen LogP contribution in [0.25, 0.3) is 0 Å². The number of esters is 1. The fraction of sp³-hybridized carbons (Fsp3) is 0.594. The van der Waals surface area contributed by atoms with Gasteiger partial charge in [0.1, 0.15) is 0 Å². The Bertz CT molecular complexity index is 1240. The third-order valence-corrected chi connectivity index (χ3v) is 8.96. The lowest BCUT2D eigenvalue weighted by Crippen LogP contribution is -2.54. The van der Waals surface area contributed by atoms with E-state index in [9.17, 15) is 31.1 Å². The van der Waals surface area contributed by atoms with Crippen LogP contribution in [0.4, 0.5) is 26.3 Å². The molecule has 3 fully saturated rings. The predicted molar refractivity (Wildman–Crippen MR) is 148 cm³/mol. The van der Waals surface area contributed by atoms with Crippen molar-refractivity contribution in [3.63, 3.8) is 0 Å². The molecule has 0 spiro atoms. The molecule has 0 radical (unpaired) electrons. The zero-order chi connectivity index (χ0) is 31.0. The smallest absolute Gasteiger partial charge is 0.416 e. The standard InChI is InChI=1S/C32H38F6N2O3/c1-20(2)43-29(41)22-7-6-12-40(17-22)18-23-16-30(24-8-4-3-5-9-24)28(11-10-27(23)39-30)42-19-21-13-25(31(33,34)35)15-26(14-21)32(36,37)38/h3-5,8-9,13-15,20,22-23,27-28,39H,6-7,10-12,16-19H2,1-2H3/t22?,23-,27+,28-,30-/m1/s1. The number of nitrogens with one attached hydrogen (secondary N) is 1. The van der Waals surface area contributed by atoms with Gasteiger partial charge in [-0.1, -0.05) is 30.3 Å². The van der Waals surface area contributed by atoms with Gasteiger partial charge in [0.15, 0.2) is 0 Å². The molecule has 3 aliphatic heterocycles. The molecule has 0 amide bonds. The molecule has 5 rings (SSSR count). The molecule has 236 valence electrons. The van der Waals surface area contributed by atoms with Crippen LogP contribution < -0.4 is 5.32 Å². The molecule has 2 aromatic rings. The van der Waals surface area contributed by atoms with Crippen molar-refractivity contribution in [2.45, 2.75) is 88.7 Å². The fourth-order valence-corrected chi connectivity index (χ4v) is 7.09. The number of hydrogen-bond donors (Lipinski definition) is 1. The normalized spacial score (nSPS) is 28.3. The lowest BCUT2D eigenvalue weighted by Gasteiger charge is -2.42. The Morgan fingerprint density at radius 2 is 1.67 bits per heavy atom. The Balaban J connectivity index is 1.34. The van der Waals surface area contributed by atoms with E-state index in [4.69, 9.17) is 9.47 Å². The second-order valence-electron chi connectivity index (χ2n) is 12.4. The van der Waals surface area contributed by atoms with Crippen LogP contribution in [0.1, 0.15) is 68.2 Å². The molecule has 5 atom stereocenters. The summed E-state index contributed by atoms with van der Waals surface area (Å²) in [7, 11) is 0. The zero-order valence-electron chi connectivity index (χ0n) is 24.3. The van der Waals surface area contributed by atoms with E-state index in [1.54, 1.807) is 0 Å². The van der Waals surface area contributed by atoms with Gasteiger partial charge in [0.2, 0.25) is 0 Å². The van der Waals surface area contributed by atoms with E-state index in [1.807, 2.05) is 44.2 Å². The van der Waals surface area contributed by atoms with E-state index < -0.39 is 35.1 Å². The average Bonchev–Trinajstić information content (AvgIpc) is 3.24. The van der Waals surface area contributed by atoms with Gasteiger partial charge in [-0.3, -0.25) is 4.79 Å². The van der Waals surface area contributed by atoms with Crippen molar-refractivity contribution in [3.8, 4) is 0 Å². The number of carbonyl (C=O) groups is 1. The summed E-state index contributed by atoms with van der Waals surface area (Å²) in [5, 5.41) is 3.77. The van der Waals surface area contributed by atoms with Crippen LogP contribution in [-0.4, -0.2) is 48.8 Å². The van der Waals surface area contributed by atoms with Crippen LogP contribution in [0.3, 0.4) is 0 Å². The summed E-state index contributed by atoms with van der Waals surface area (Å²) in [4.78, 5) is 14.9. The molecule has 2 aromatic carbocycles. The molecule has 0 aromatic heterocycles. The number of carbonyl (C=O) groups excluding carboxylic acids is 1. The van der Waals surface area contributed by atoms with Gasteiger partial charge in [-0.25, -0.2) is 0 Å². The maximum Gasteiger partial charge on any atom is 0.416 e. The highest BCUT2D eigenvalue weighted by Gasteiger charge is 2.54. The molecule has 3 saturated heterocycles. The van der Waals surface area contributed by atoms with Crippen LogP contribution in [0, 0.1) is 11.8 Å². The molecule has 43 heavy (non-hydrogen) atoms. The van der Waals surface area contributed by atoms with Crippen molar-refractivity contribution < 1.29 is 40.6 Å². The van der Waals surface area contributed by atoms with Crippen molar-refractivity contribution >= 4 is 5.97 Å². The van der Waals surface area contributed by atoms with E-state index in [0.717, 1.165) is 50.0 Å². The summed E-state index contributed by atoms with van der Waals surface area (Å²) >= 11 is 0. The molecule has 1 unspecified atom stereocenters. The topological polar surface area (TPSA) is 50.8 Å². The summed E-state index contributed by atoms with van der Waals surface area (Å²) in [5.41, 5.74) is -2.54. The molecule has 3 aliphatic rings. The molecule has 11 heteroatoms. The first-order chi connectivity index (χ1) is 20.2. The highest BCUT2D eigenvalue weighted by atomic mass is 19.4. The molecular weight excluding hydrogens is 574 g/mol. The van der Waals surface area contributed by atoms with Crippen LogP contribution in [0.15, 0.2) is 48.5 Å². The molecule has 2 bridgehead atoms. The lowest BCUT2D eigenvalue weighted by atomic mass is 9.80. The number of piperidine rings is 2. The van der Waals surface area contributed by atoms with Gasteiger partial charge in [-0.15, -0.1) is 0 Å². The Hall–Kier alpha value is -2.63. The summed E-state index contributed by atoms with van der Waals surface area (Å²) in [6.45, 7) is 5.58. The minimum absolute atomic E-state index is 0.136. The summed E-state index contributed by atoms with van der Waals surface area (Å²) in [5.74, 6) is -0.113. The first-order valence-electron chi connectivity index (χ1n) is 14.9. The molecule has 0 aliphatic carbocycles. The van der Waals surface area contributed by atoms with Gasteiger partial charge in [0.05, 0.1) is 41.4 Å². The van der Waals surface area contributed by atoms with Crippen molar-refractivity contribution in [3.05, 3.63) is 70.8 Å². The number of benzene rings is 2. The molecule has 3 heterocycles. The number of fused-ring (bicyclic) bond motifs is 2. The van der Waals surface area contributed by atoms with E-state index in [0.29, 0.717) is 19.4 Å². The third kappa shape index (κ3) is 7.20. The van der Waals surface area contributed by atoms with Crippen LogP contribution in [-0.2, 0) is 38.8 Å². The second kappa shape index (κ2) is 12.4. The third-order valence-electron chi connectivity index (χ3n) is 8.96. The van der Waals surface area contributed by atoms with Gasteiger partial charge in [0.25, 0.3) is 0 Å². The maximum atomic E-state index is 13.4. The molecule has 1 N–H and O–H groups in total. The zero-order valence-corrected chi connectivity index (χ0v) is 24.3. The van der Waals surface area contributed by atoms with Crippen molar-refractivity contribution in [2.75, 3.05) is 19.6 Å². The predicted octanol–water partition coefficient (Wildman–Crippen LogP) is 6.94. The largest absolute Gasteiger partial charge is 0.463 e. The van der Waals surface area contributed by atoms with Gasteiger partial charge in [-0.2, -0.15) is 26.3 Å². The van der Waals surface area contributed by atoms with Crippen molar-refractivity contribution in [1.29, 1.82) is 0 Å². The Morgan fingerprint density at radius 3 is 2.30 bits per heavy atom. The summed E-state index contributed by atoms with van der Waals surface area (Å²) in [6.07, 6.45) is -6.71. The van der Waals surface area contributed by atoms with Gasteiger partial charge < -0.3 is 19.7 Å². The number of halogens is 6. The number of rotatable bonds is 8. The highest BCUT2D eigenvalue weighted by molar-refractivity contribution is 5.73. The minimum Gasteiger partial charge on any atom is -0.463 e. The number of hydrogen-bond acceptors (Lipinski definition) is 5. The molecule has 5 nitrogen and oxygen atoms in total. The van der Waals surface area contributed by atoms with Crippen molar-refractivity contribution in [2.24, 2.45) is 11.8 Å². The van der Waals surface area contributed by atoms with E-state index in [2.05, 4.69) is 10.2 Å². The number of nitrogens with zero attached hydrogens (tertiary/aromatic N) is 1. The van der Waals surface area contributed by atoms with Gasteiger partial charge in [-0.05, 0) is 87.7 Å². The SMILES string of the molecule is CC(C)OC(=O)C1CCCN(C[C@H]2C[C@]3(c4ccccc4)N[C@H]2CC[C@H]3OCc2cc(C(F)(F)F)cc(C(F)(F)F)c2)C1. The average molecular weight is 613 g/mol. The van der Waals surface area contributed by atoms with Crippen LogP contribution in [0.2, 0.25) is 0 Å². The number of likely N-dealkylation sites (tertiary alicyclic amines) is 1. The van der Waals surface area contributed by atoms with Crippen molar-refractivity contribution in [1.82, 2.24) is 10.2 Å². The van der Waals surface area contributed by atoms with Gasteiger partial charge >= 0.3 is 18.3 Å². The highest BCUT2D eigenvalue weighted by Crippen LogP contribution is 2.48. The first-order valence-corrected chi connectivity index (χ1v) is 14.9. The van der Waals surface area contributed by atoms with E-state index in [-0.39, 0.29) is 48.2 Å². The Morgan fingerprint density at radius 1 is 1.00 bits per heavy atom. The Labute approximate surface area is 247 Å². The second-order valence-corrected chi connectivity index (χ2v) is 12.4. The van der Waals surface area contributed by atoms with Crippen LogP contribution >= 0.6 is 0 Å². The fourth-order valence-electron chi connectivity index (χ4n) is 7.09. The van der Waals surface area contributed by atoms with E-state index >= 15 is 0 Å². The monoisotopic (exact) mass is 612 g/mol. The lowest BCUT2D eigenvalue weighted by molar-refractivity contribution is -0.154. The molecule has 0 saturated carbocycles. The summed E-state index contributed by atoms with van der Waals surface area (Å²) in [6, 6.07) is 11.5. The minimum atomic E-state index is -4.92. The Kier molecular flexibility index (Phi) is 9.17. The summed E-state index contributed by atoms with van der Waals surface area (Å²) < 4.78 is 92.4. The number of ether oxygens (including phenoxy) is 2. The molecular formula is C32H38F6N2O3. The van der Waals surface area contributed by atoms with Gasteiger partial charge in [0, 0.05) is 19.1 Å².